The first-order valence-electron chi connectivity index (χ1n) is 9.28. The van der Waals surface area contributed by atoms with E-state index < -0.39 is 5.60 Å². The molecule has 1 aromatic heterocycles. The van der Waals surface area contributed by atoms with Gasteiger partial charge < -0.3 is 19.7 Å². The number of hydrogen-bond donors (Lipinski definition) is 2. The summed E-state index contributed by atoms with van der Waals surface area (Å²) in [7, 11) is 0. The van der Waals surface area contributed by atoms with Crippen LogP contribution in [0, 0.1) is 13.8 Å². The predicted octanol–water partition coefficient (Wildman–Crippen LogP) is 2.79. The van der Waals surface area contributed by atoms with Gasteiger partial charge in [-0.05, 0) is 45.6 Å². The fraction of sp³-hybridized carbons (Fsp3) is 0.737. The first-order valence-corrected chi connectivity index (χ1v) is 9.28. The lowest BCUT2D eigenvalue weighted by molar-refractivity contribution is -0.0312. The molecule has 2 aliphatic rings. The zero-order valence-corrected chi connectivity index (χ0v) is 14.9. The number of nitrogens with zero attached hydrogens (tertiary/aromatic N) is 1. The molecule has 1 saturated carbocycles. The molecular weight excluding hydrogens is 304 g/mol. The molecule has 0 radical (unpaired) electrons. The Kier molecular flexibility index (Phi) is 5.30. The third-order valence-electron chi connectivity index (χ3n) is 5.51. The first kappa shape index (κ1) is 17.5. The first-order chi connectivity index (χ1) is 11.5. The third-order valence-corrected chi connectivity index (χ3v) is 5.51. The Bertz CT molecular complexity index is 567. The summed E-state index contributed by atoms with van der Waals surface area (Å²) in [5.74, 6) is 1.42. The largest absolute Gasteiger partial charge is 0.466 e. The molecule has 1 aliphatic heterocycles. The molecule has 3 rings (SSSR count). The molecular formula is C19H30N2O3. The maximum atomic E-state index is 12.4. The van der Waals surface area contributed by atoms with E-state index in [0.717, 1.165) is 63.9 Å². The average Bonchev–Trinajstić information content (AvgIpc) is 2.88. The molecule has 1 aliphatic carbocycles. The van der Waals surface area contributed by atoms with Crippen molar-refractivity contribution in [3.8, 4) is 0 Å². The lowest BCUT2D eigenvalue weighted by Gasteiger charge is -2.40. The highest BCUT2D eigenvalue weighted by Crippen LogP contribution is 2.29. The number of hydrogen-bond acceptors (Lipinski definition) is 4. The zero-order chi connectivity index (χ0) is 17.2. The van der Waals surface area contributed by atoms with Gasteiger partial charge in [-0.1, -0.05) is 19.3 Å². The van der Waals surface area contributed by atoms with Crippen LogP contribution >= 0.6 is 0 Å². The summed E-state index contributed by atoms with van der Waals surface area (Å²) in [6, 6.07) is 2.02. The molecule has 24 heavy (non-hydrogen) atoms. The average molecular weight is 334 g/mol. The van der Waals surface area contributed by atoms with Crippen LogP contribution in [0.25, 0.3) is 0 Å². The van der Waals surface area contributed by atoms with Crippen molar-refractivity contribution in [2.75, 3.05) is 19.6 Å². The van der Waals surface area contributed by atoms with Gasteiger partial charge in [0.1, 0.15) is 11.5 Å². The SMILES string of the molecule is Cc1cc(C(=O)NC2CCN(CC3(O)CCCCC3)CC2)c(C)o1. The number of amides is 1. The summed E-state index contributed by atoms with van der Waals surface area (Å²) in [5, 5.41) is 13.8. The minimum Gasteiger partial charge on any atom is -0.466 e. The normalized spacial score (nSPS) is 22.5. The van der Waals surface area contributed by atoms with Crippen molar-refractivity contribution in [2.45, 2.75) is 70.4 Å². The second-order valence-electron chi connectivity index (χ2n) is 7.64. The third kappa shape index (κ3) is 4.19. The minimum absolute atomic E-state index is 0.0336. The summed E-state index contributed by atoms with van der Waals surface area (Å²) < 4.78 is 5.44. The smallest absolute Gasteiger partial charge is 0.255 e. The lowest BCUT2D eigenvalue weighted by Crippen LogP contribution is -2.50. The highest BCUT2D eigenvalue weighted by molar-refractivity contribution is 5.95. The number of furan rings is 1. The predicted molar refractivity (Wildman–Crippen MR) is 93.1 cm³/mol. The maximum absolute atomic E-state index is 12.4. The van der Waals surface area contributed by atoms with Gasteiger partial charge in [-0.3, -0.25) is 4.79 Å². The van der Waals surface area contributed by atoms with Gasteiger partial charge >= 0.3 is 0 Å². The van der Waals surface area contributed by atoms with E-state index in [4.69, 9.17) is 4.42 Å². The standard InChI is InChI=1S/C19H30N2O3/c1-14-12-17(15(2)24-14)18(22)20-16-6-10-21(11-7-16)13-19(23)8-4-3-5-9-19/h12,16,23H,3-11,13H2,1-2H3,(H,20,22). The van der Waals surface area contributed by atoms with Gasteiger partial charge in [-0.25, -0.2) is 0 Å². The molecule has 5 heteroatoms. The Labute approximate surface area is 144 Å². The molecule has 0 unspecified atom stereocenters. The Morgan fingerprint density at radius 3 is 2.54 bits per heavy atom. The lowest BCUT2D eigenvalue weighted by atomic mass is 9.84. The molecule has 0 spiro atoms. The Morgan fingerprint density at radius 1 is 1.29 bits per heavy atom. The van der Waals surface area contributed by atoms with Crippen LogP contribution in [0.1, 0.15) is 66.8 Å². The fourth-order valence-electron chi connectivity index (χ4n) is 4.14. The number of piperidine rings is 1. The van der Waals surface area contributed by atoms with Crippen LogP contribution in [0.5, 0.6) is 0 Å². The molecule has 1 saturated heterocycles. The van der Waals surface area contributed by atoms with E-state index in [1.807, 2.05) is 13.8 Å². The monoisotopic (exact) mass is 334 g/mol. The topological polar surface area (TPSA) is 65.7 Å². The number of nitrogens with one attached hydrogen (secondary N) is 1. The summed E-state index contributed by atoms with van der Waals surface area (Å²) in [6.07, 6.45) is 7.29. The van der Waals surface area contributed by atoms with Crippen molar-refractivity contribution in [3.63, 3.8) is 0 Å². The van der Waals surface area contributed by atoms with Crippen LogP contribution in [0.3, 0.4) is 0 Å². The number of aliphatic hydroxyl groups is 1. The van der Waals surface area contributed by atoms with Crippen LogP contribution in [0.15, 0.2) is 10.5 Å². The van der Waals surface area contributed by atoms with Gasteiger partial charge in [0.25, 0.3) is 5.91 Å². The summed E-state index contributed by atoms with van der Waals surface area (Å²) in [5.41, 5.74) is 0.159. The number of β-amino-alcohol motifs (C(OH)–C–C–N with tert-alkyl or cyclic N) is 1. The molecule has 0 atom stereocenters. The van der Waals surface area contributed by atoms with E-state index in [1.165, 1.54) is 6.42 Å². The van der Waals surface area contributed by atoms with Gasteiger partial charge in [0.2, 0.25) is 0 Å². The summed E-state index contributed by atoms with van der Waals surface area (Å²) in [6.45, 7) is 6.36. The van der Waals surface area contributed by atoms with E-state index in [2.05, 4.69) is 10.2 Å². The van der Waals surface area contributed by atoms with E-state index in [1.54, 1.807) is 6.07 Å². The van der Waals surface area contributed by atoms with Gasteiger partial charge in [0, 0.05) is 25.7 Å². The molecule has 2 heterocycles. The van der Waals surface area contributed by atoms with Crippen molar-refractivity contribution >= 4 is 5.91 Å². The second-order valence-corrected chi connectivity index (χ2v) is 7.64. The van der Waals surface area contributed by atoms with E-state index in [0.29, 0.717) is 11.3 Å². The summed E-state index contributed by atoms with van der Waals surface area (Å²) in [4.78, 5) is 14.7. The Balaban J connectivity index is 1.46. The number of rotatable bonds is 4. The van der Waals surface area contributed by atoms with Gasteiger partial charge in [-0.15, -0.1) is 0 Å². The molecule has 2 N–H and O–H groups in total. The number of likely N-dealkylation sites (tertiary alicyclic amines) is 1. The maximum Gasteiger partial charge on any atom is 0.255 e. The highest BCUT2D eigenvalue weighted by atomic mass is 16.3. The van der Waals surface area contributed by atoms with Crippen molar-refractivity contribution in [3.05, 3.63) is 23.2 Å². The molecule has 2 fully saturated rings. The summed E-state index contributed by atoms with van der Waals surface area (Å²) >= 11 is 0. The highest BCUT2D eigenvalue weighted by Gasteiger charge is 2.33. The quantitative estimate of drug-likeness (QED) is 0.888. The minimum atomic E-state index is -0.486. The van der Waals surface area contributed by atoms with E-state index in [9.17, 15) is 9.90 Å². The van der Waals surface area contributed by atoms with E-state index >= 15 is 0 Å². The molecule has 1 amide bonds. The molecule has 5 nitrogen and oxygen atoms in total. The van der Waals surface area contributed by atoms with Crippen molar-refractivity contribution in [1.29, 1.82) is 0 Å². The molecule has 1 aromatic rings. The van der Waals surface area contributed by atoms with Crippen molar-refractivity contribution in [2.24, 2.45) is 0 Å². The van der Waals surface area contributed by atoms with Crippen LogP contribution < -0.4 is 5.32 Å². The van der Waals surface area contributed by atoms with Crippen molar-refractivity contribution in [1.82, 2.24) is 10.2 Å². The van der Waals surface area contributed by atoms with E-state index in [-0.39, 0.29) is 11.9 Å². The second kappa shape index (κ2) is 7.28. The van der Waals surface area contributed by atoms with Gasteiger partial charge in [0.15, 0.2) is 0 Å². The van der Waals surface area contributed by atoms with Crippen LogP contribution in [0.2, 0.25) is 0 Å². The number of carbonyl (C=O) groups excluding carboxylic acids is 1. The Hall–Kier alpha value is -1.33. The van der Waals surface area contributed by atoms with Gasteiger partial charge in [0.05, 0.1) is 11.2 Å². The molecule has 0 aromatic carbocycles. The number of carbonyl (C=O) groups is 1. The van der Waals surface area contributed by atoms with Crippen LogP contribution in [-0.2, 0) is 0 Å². The number of aryl methyl sites for hydroxylation is 2. The Morgan fingerprint density at radius 2 is 1.96 bits per heavy atom. The zero-order valence-electron chi connectivity index (χ0n) is 14.9. The van der Waals surface area contributed by atoms with Crippen molar-refractivity contribution < 1.29 is 14.3 Å². The van der Waals surface area contributed by atoms with Gasteiger partial charge in [-0.2, -0.15) is 0 Å². The van der Waals surface area contributed by atoms with Crippen LogP contribution in [0.4, 0.5) is 0 Å². The van der Waals surface area contributed by atoms with Crippen LogP contribution in [-0.4, -0.2) is 47.2 Å². The molecule has 134 valence electrons. The molecule has 0 bridgehead atoms. The fourth-order valence-corrected chi connectivity index (χ4v) is 4.14.